The van der Waals surface area contributed by atoms with E-state index in [0.29, 0.717) is 34.2 Å². The minimum absolute atomic E-state index is 0.553. The van der Waals surface area contributed by atoms with Gasteiger partial charge in [0.15, 0.2) is 0 Å². The molecule has 0 aliphatic heterocycles. The Hall–Kier alpha value is 0.370. The molecule has 0 heterocycles. The summed E-state index contributed by atoms with van der Waals surface area (Å²) in [5.74, 6) is 1.86. The van der Waals surface area contributed by atoms with Gasteiger partial charge in [-0.3, -0.25) is 0 Å². The first-order chi connectivity index (χ1) is 8.04. The Bertz CT molecular complexity index is 371. The van der Waals surface area contributed by atoms with Crippen molar-refractivity contribution in [3.8, 4) is 5.75 Å². The molecule has 17 heavy (non-hydrogen) atoms. The third-order valence-electron chi connectivity index (χ3n) is 2.44. The second kappa shape index (κ2) is 7.73. The summed E-state index contributed by atoms with van der Waals surface area (Å²) in [6.45, 7) is 2.78. The third-order valence-corrected chi connectivity index (χ3v) is 4.16. The molecule has 1 rings (SSSR count). The van der Waals surface area contributed by atoms with Crippen molar-refractivity contribution in [2.24, 2.45) is 5.92 Å². The van der Waals surface area contributed by atoms with Crippen LogP contribution in [0.5, 0.6) is 5.75 Å². The molecule has 1 aromatic rings. The SMILES string of the molecule is CC(CCCl)CCOc1cc(Cl)c(Br)cc1Cl. The van der Waals surface area contributed by atoms with Crippen molar-refractivity contribution >= 4 is 50.7 Å². The Labute approximate surface area is 126 Å². The van der Waals surface area contributed by atoms with E-state index in [1.165, 1.54) is 0 Å². The fourth-order valence-electron chi connectivity index (χ4n) is 1.32. The highest BCUT2D eigenvalue weighted by molar-refractivity contribution is 9.10. The summed E-state index contributed by atoms with van der Waals surface area (Å²) in [6.07, 6.45) is 1.95. The lowest BCUT2D eigenvalue weighted by atomic mass is 10.1. The van der Waals surface area contributed by atoms with Crippen LogP contribution >= 0.6 is 50.7 Å². The van der Waals surface area contributed by atoms with E-state index in [9.17, 15) is 0 Å². The van der Waals surface area contributed by atoms with Gasteiger partial charge in [0.05, 0.1) is 16.7 Å². The van der Waals surface area contributed by atoms with E-state index < -0.39 is 0 Å². The first-order valence-electron chi connectivity index (χ1n) is 5.38. The van der Waals surface area contributed by atoms with Crippen molar-refractivity contribution < 1.29 is 4.74 Å². The second-order valence-corrected chi connectivity index (χ2v) is 5.96. The van der Waals surface area contributed by atoms with Crippen LogP contribution in [0.3, 0.4) is 0 Å². The molecule has 0 bridgehead atoms. The summed E-state index contributed by atoms with van der Waals surface area (Å²) in [5.41, 5.74) is 0. The van der Waals surface area contributed by atoms with Gasteiger partial charge >= 0.3 is 0 Å². The van der Waals surface area contributed by atoms with E-state index in [0.717, 1.165) is 17.3 Å². The predicted molar refractivity (Wildman–Crippen MR) is 78.8 cm³/mol. The molecule has 0 spiro atoms. The molecule has 0 amide bonds. The van der Waals surface area contributed by atoms with Gasteiger partial charge in [-0.25, -0.2) is 0 Å². The van der Waals surface area contributed by atoms with Gasteiger partial charge in [-0.15, -0.1) is 11.6 Å². The van der Waals surface area contributed by atoms with Gasteiger partial charge in [0.1, 0.15) is 5.75 Å². The van der Waals surface area contributed by atoms with Crippen molar-refractivity contribution in [3.05, 3.63) is 26.7 Å². The molecular weight excluding hydrogens is 346 g/mol. The smallest absolute Gasteiger partial charge is 0.139 e. The summed E-state index contributed by atoms with van der Waals surface area (Å²) in [6, 6.07) is 3.46. The number of alkyl halides is 1. The monoisotopic (exact) mass is 358 g/mol. The van der Waals surface area contributed by atoms with Gasteiger partial charge < -0.3 is 4.74 Å². The number of rotatable bonds is 6. The molecule has 0 aromatic heterocycles. The molecule has 0 radical (unpaired) electrons. The highest BCUT2D eigenvalue weighted by atomic mass is 79.9. The fraction of sp³-hybridized carbons (Fsp3) is 0.500. The summed E-state index contributed by atoms with van der Waals surface area (Å²) >= 11 is 21.0. The van der Waals surface area contributed by atoms with E-state index in [4.69, 9.17) is 39.5 Å². The highest BCUT2D eigenvalue weighted by Crippen LogP contribution is 2.34. The Morgan fingerprint density at radius 3 is 2.59 bits per heavy atom. The average Bonchev–Trinajstić information content (AvgIpc) is 2.26. The highest BCUT2D eigenvalue weighted by Gasteiger charge is 2.08. The van der Waals surface area contributed by atoms with Crippen LogP contribution in [0.2, 0.25) is 10.0 Å². The molecular formula is C12H14BrCl3O. The molecule has 1 atom stereocenters. The zero-order valence-electron chi connectivity index (χ0n) is 9.48. The molecule has 1 nitrogen and oxygen atoms in total. The van der Waals surface area contributed by atoms with Crippen LogP contribution in [0.25, 0.3) is 0 Å². The van der Waals surface area contributed by atoms with Crippen LogP contribution in [0.4, 0.5) is 0 Å². The van der Waals surface area contributed by atoms with Crippen LogP contribution < -0.4 is 4.74 Å². The quantitative estimate of drug-likeness (QED) is 0.461. The van der Waals surface area contributed by atoms with Crippen molar-refractivity contribution in [1.82, 2.24) is 0 Å². The maximum atomic E-state index is 6.04. The van der Waals surface area contributed by atoms with Gasteiger partial charge in [-0.05, 0) is 40.8 Å². The number of halogens is 4. The summed E-state index contributed by atoms with van der Waals surface area (Å²) in [5, 5.41) is 1.16. The van der Waals surface area contributed by atoms with Gasteiger partial charge in [0.25, 0.3) is 0 Å². The largest absolute Gasteiger partial charge is 0.492 e. The Kier molecular flexibility index (Phi) is 7.01. The fourth-order valence-corrected chi connectivity index (χ4v) is 2.54. The van der Waals surface area contributed by atoms with Crippen LogP contribution in [0.15, 0.2) is 16.6 Å². The topological polar surface area (TPSA) is 9.23 Å². The van der Waals surface area contributed by atoms with E-state index in [-0.39, 0.29) is 0 Å². The average molecular weight is 361 g/mol. The summed E-state index contributed by atoms with van der Waals surface area (Å²) in [7, 11) is 0. The van der Waals surface area contributed by atoms with Crippen molar-refractivity contribution in [2.75, 3.05) is 12.5 Å². The lowest BCUT2D eigenvalue weighted by molar-refractivity contribution is 0.282. The number of hydrogen-bond donors (Lipinski definition) is 0. The normalized spacial score (nSPS) is 12.5. The molecule has 96 valence electrons. The number of benzene rings is 1. The first kappa shape index (κ1) is 15.4. The van der Waals surface area contributed by atoms with E-state index in [1.54, 1.807) is 12.1 Å². The lowest BCUT2D eigenvalue weighted by Gasteiger charge is -2.12. The van der Waals surface area contributed by atoms with E-state index in [1.807, 2.05) is 0 Å². The molecule has 0 fully saturated rings. The number of ether oxygens (including phenoxy) is 1. The molecule has 0 saturated heterocycles. The molecule has 0 saturated carbocycles. The zero-order valence-corrected chi connectivity index (χ0v) is 13.3. The van der Waals surface area contributed by atoms with Crippen LogP contribution in [0, 0.1) is 5.92 Å². The number of hydrogen-bond acceptors (Lipinski definition) is 1. The minimum Gasteiger partial charge on any atom is -0.492 e. The molecule has 0 N–H and O–H groups in total. The third kappa shape index (κ3) is 5.25. The van der Waals surface area contributed by atoms with Gasteiger partial charge in [0.2, 0.25) is 0 Å². The van der Waals surface area contributed by atoms with Crippen molar-refractivity contribution in [2.45, 2.75) is 19.8 Å². The minimum atomic E-state index is 0.553. The molecule has 1 aromatic carbocycles. The maximum absolute atomic E-state index is 6.04. The standard InChI is InChI=1S/C12H14BrCl3O/c1-8(2-4-14)3-5-17-12-7-10(15)9(13)6-11(12)16/h6-8H,2-5H2,1H3. The second-order valence-electron chi connectivity index (χ2n) is 3.92. The predicted octanol–water partition coefficient (Wildman–Crippen LogP) is 5.79. The van der Waals surface area contributed by atoms with E-state index in [2.05, 4.69) is 22.9 Å². The van der Waals surface area contributed by atoms with E-state index >= 15 is 0 Å². The van der Waals surface area contributed by atoms with Gasteiger partial charge in [-0.1, -0.05) is 30.1 Å². The first-order valence-corrected chi connectivity index (χ1v) is 7.46. The maximum Gasteiger partial charge on any atom is 0.139 e. The molecule has 0 aliphatic rings. The Morgan fingerprint density at radius 2 is 1.94 bits per heavy atom. The van der Waals surface area contributed by atoms with Gasteiger partial charge in [0, 0.05) is 16.4 Å². The van der Waals surface area contributed by atoms with Crippen LogP contribution in [0.1, 0.15) is 19.8 Å². The van der Waals surface area contributed by atoms with Crippen LogP contribution in [-0.2, 0) is 0 Å². The Balaban J connectivity index is 2.49. The molecule has 0 aliphatic carbocycles. The van der Waals surface area contributed by atoms with Crippen molar-refractivity contribution in [3.63, 3.8) is 0 Å². The zero-order chi connectivity index (χ0) is 12.8. The van der Waals surface area contributed by atoms with Crippen LogP contribution in [-0.4, -0.2) is 12.5 Å². The summed E-state index contributed by atoms with van der Waals surface area (Å²) in [4.78, 5) is 0. The lowest BCUT2D eigenvalue weighted by Crippen LogP contribution is -2.05. The van der Waals surface area contributed by atoms with Crippen molar-refractivity contribution in [1.29, 1.82) is 0 Å². The Morgan fingerprint density at radius 1 is 1.24 bits per heavy atom. The summed E-state index contributed by atoms with van der Waals surface area (Å²) < 4.78 is 6.38. The molecule has 1 unspecified atom stereocenters. The molecule has 5 heteroatoms. The van der Waals surface area contributed by atoms with Gasteiger partial charge in [-0.2, -0.15) is 0 Å².